The molecule has 2 fully saturated rings. The van der Waals surface area contributed by atoms with E-state index < -0.39 is 0 Å². The van der Waals surface area contributed by atoms with Crippen LogP contribution in [-0.2, 0) is 17.6 Å². The molecule has 3 heterocycles. The van der Waals surface area contributed by atoms with Gasteiger partial charge in [-0.15, -0.1) is 11.3 Å². The first kappa shape index (κ1) is 18.0. The van der Waals surface area contributed by atoms with Gasteiger partial charge in [0.15, 0.2) is 0 Å². The van der Waals surface area contributed by atoms with Gasteiger partial charge in [0.05, 0.1) is 4.88 Å². The maximum Gasteiger partial charge on any atom is 0.263 e. The topological polar surface area (TPSA) is 40.6 Å². The molecule has 0 unspecified atom stereocenters. The monoisotopic (exact) mass is 374 g/mol. The molecule has 1 aromatic heterocycles. The summed E-state index contributed by atoms with van der Waals surface area (Å²) in [7, 11) is 0. The molecule has 0 bridgehead atoms. The highest BCUT2D eigenvalue weighted by molar-refractivity contribution is 7.14. The second-order valence-corrected chi connectivity index (χ2v) is 9.21. The number of likely N-dealkylation sites (tertiary alicyclic amines) is 2. The molecule has 0 aromatic carbocycles. The maximum absolute atomic E-state index is 12.9. The molecule has 0 atom stereocenters. The minimum Gasteiger partial charge on any atom is -0.342 e. The van der Waals surface area contributed by atoms with E-state index >= 15 is 0 Å². The quantitative estimate of drug-likeness (QED) is 0.788. The summed E-state index contributed by atoms with van der Waals surface area (Å²) in [6, 6.07) is 2.13. The summed E-state index contributed by atoms with van der Waals surface area (Å²) in [4.78, 5) is 32.1. The van der Waals surface area contributed by atoms with E-state index in [0.717, 1.165) is 69.6 Å². The number of hydrogen-bond acceptors (Lipinski definition) is 3. The van der Waals surface area contributed by atoms with Crippen LogP contribution >= 0.6 is 11.3 Å². The van der Waals surface area contributed by atoms with Crippen molar-refractivity contribution in [3.8, 4) is 0 Å². The average Bonchev–Trinajstić information content (AvgIpc) is 2.93. The molecule has 26 heavy (non-hydrogen) atoms. The minimum absolute atomic E-state index is 0.119. The van der Waals surface area contributed by atoms with E-state index in [1.54, 1.807) is 11.3 Å². The molecule has 4 rings (SSSR count). The number of fused-ring (bicyclic) bond motifs is 1. The summed E-state index contributed by atoms with van der Waals surface area (Å²) >= 11 is 1.70. The Bertz CT molecular complexity index is 629. The number of aryl methyl sites for hydroxylation is 2. The number of carbonyl (C=O) groups excluding carboxylic acids is 2. The molecular weight excluding hydrogens is 344 g/mol. The first-order valence-electron chi connectivity index (χ1n) is 10.4. The average molecular weight is 375 g/mol. The first-order chi connectivity index (χ1) is 12.7. The highest BCUT2D eigenvalue weighted by Gasteiger charge is 2.31. The Morgan fingerprint density at radius 1 is 0.846 bits per heavy atom. The van der Waals surface area contributed by atoms with Crippen LogP contribution in [0.5, 0.6) is 0 Å². The molecule has 4 nitrogen and oxygen atoms in total. The van der Waals surface area contributed by atoms with Gasteiger partial charge < -0.3 is 9.80 Å². The summed E-state index contributed by atoms with van der Waals surface area (Å²) in [6.07, 6.45) is 11.2. The summed E-state index contributed by atoms with van der Waals surface area (Å²) < 4.78 is 0. The predicted molar refractivity (Wildman–Crippen MR) is 105 cm³/mol. The van der Waals surface area contributed by atoms with Crippen molar-refractivity contribution < 1.29 is 9.59 Å². The molecule has 2 amide bonds. The Morgan fingerprint density at radius 2 is 1.54 bits per heavy atom. The molecule has 2 aliphatic heterocycles. The van der Waals surface area contributed by atoms with E-state index in [0.29, 0.717) is 5.91 Å². The Balaban J connectivity index is 1.33. The van der Waals surface area contributed by atoms with Crippen LogP contribution in [0.2, 0.25) is 0 Å². The Hall–Kier alpha value is -1.36. The van der Waals surface area contributed by atoms with Gasteiger partial charge in [0.25, 0.3) is 5.91 Å². The predicted octanol–water partition coefficient (Wildman–Crippen LogP) is 3.88. The Labute approximate surface area is 160 Å². The van der Waals surface area contributed by atoms with Gasteiger partial charge in [-0.2, -0.15) is 0 Å². The molecule has 2 saturated heterocycles. The minimum atomic E-state index is 0.119. The van der Waals surface area contributed by atoms with Gasteiger partial charge in [0.1, 0.15) is 0 Å². The van der Waals surface area contributed by atoms with Crippen molar-refractivity contribution in [3.05, 3.63) is 21.4 Å². The number of piperidine rings is 1. The number of nitrogens with zero attached hydrogens (tertiary/aromatic N) is 2. The maximum atomic E-state index is 12.9. The van der Waals surface area contributed by atoms with E-state index in [9.17, 15) is 9.59 Å². The number of rotatable bonds is 2. The zero-order valence-corrected chi connectivity index (χ0v) is 16.5. The third kappa shape index (κ3) is 3.83. The van der Waals surface area contributed by atoms with Crippen molar-refractivity contribution in [3.63, 3.8) is 0 Å². The van der Waals surface area contributed by atoms with Crippen LogP contribution < -0.4 is 0 Å². The van der Waals surface area contributed by atoms with Crippen molar-refractivity contribution in [1.29, 1.82) is 0 Å². The van der Waals surface area contributed by atoms with Crippen LogP contribution in [0, 0.1) is 5.92 Å². The summed E-state index contributed by atoms with van der Waals surface area (Å²) in [6.45, 7) is 3.31. The molecule has 0 radical (unpaired) electrons. The zero-order valence-electron chi connectivity index (χ0n) is 15.7. The molecule has 0 saturated carbocycles. The molecule has 3 aliphatic rings. The standard InChI is InChI=1S/C21H30N2O2S/c24-20(22-11-5-1-2-6-12-22)16-9-13-23(14-10-16)21(25)19-15-17-7-3-4-8-18(17)26-19/h15-16H,1-14H2. The Kier molecular flexibility index (Phi) is 5.63. The van der Waals surface area contributed by atoms with Crippen molar-refractivity contribution in [1.82, 2.24) is 9.80 Å². The van der Waals surface area contributed by atoms with Gasteiger partial charge in [0.2, 0.25) is 5.91 Å². The van der Waals surface area contributed by atoms with Crippen LogP contribution in [0.4, 0.5) is 0 Å². The van der Waals surface area contributed by atoms with Gasteiger partial charge in [-0.3, -0.25) is 9.59 Å². The van der Waals surface area contributed by atoms with Crippen LogP contribution in [-0.4, -0.2) is 47.8 Å². The smallest absolute Gasteiger partial charge is 0.263 e. The summed E-state index contributed by atoms with van der Waals surface area (Å²) in [5.41, 5.74) is 1.40. The van der Waals surface area contributed by atoms with E-state index in [-0.39, 0.29) is 11.8 Å². The molecule has 5 heteroatoms. The van der Waals surface area contributed by atoms with Crippen LogP contribution in [0.3, 0.4) is 0 Å². The fraction of sp³-hybridized carbons (Fsp3) is 0.714. The highest BCUT2D eigenvalue weighted by atomic mass is 32.1. The fourth-order valence-electron chi connectivity index (χ4n) is 4.63. The lowest BCUT2D eigenvalue weighted by Crippen LogP contribution is -2.44. The van der Waals surface area contributed by atoms with Crippen molar-refractivity contribution in [2.24, 2.45) is 5.92 Å². The third-order valence-corrected chi connectivity index (χ3v) is 7.48. The number of amides is 2. The number of hydrogen-bond donors (Lipinski definition) is 0. The molecule has 0 N–H and O–H groups in total. The third-order valence-electron chi connectivity index (χ3n) is 6.26. The van der Waals surface area contributed by atoms with Crippen molar-refractivity contribution in [2.45, 2.75) is 64.2 Å². The van der Waals surface area contributed by atoms with E-state index in [2.05, 4.69) is 11.0 Å². The zero-order chi connectivity index (χ0) is 17.9. The van der Waals surface area contributed by atoms with Crippen molar-refractivity contribution in [2.75, 3.05) is 26.2 Å². The van der Waals surface area contributed by atoms with Gasteiger partial charge in [0, 0.05) is 37.0 Å². The van der Waals surface area contributed by atoms with Gasteiger partial charge in [-0.1, -0.05) is 12.8 Å². The van der Waals surface area contributed by atoms with Gasteiger partial charge >= 0.3 is 0 Å². The highest BCUT2D eigenvalue weighted by Crippen LogP contribution is 2.31. The Morgan fingerprint density at radius 3 is 2.23 bits per heavy atom. The normalized spacial score (nSPS) is 22.0. The van der Waals surface area contributed by atoms with Crippen molar-refractivity contribution >= 4 is 23.2 Å². The molecule has 1 aliphatic carbocycles. The van der Waals surface area contributed by atoms with Crippen LogP contribution in [0.15, 0.2) is 6.07 Å². The van der Waals surface area contributed by atoms with Gasteiger partial charge in [-0.05, 0) is 63.0 Å². The molecule has 0 spiro atoms. The molecule has 1 aromatic rings. The summed E-state index contributed by atoms with van der Waals surface area (Å²) in [5, 5.41) is 0. The lowest BCUT2D eigenvalue weighted by Gasteiger charge is -2.33. The SMILES string of the molecule is O=C(c1cc2c(s1)CCCC2)N1CCC(C(=O)N2CCCCCC2)CC1. The number of carbonyl (C=O) groups is 2. The second-order valence-electron chi connectivity index (χ2n) is 8.07. The summed E-state index contributed by atoms with van der Waals surface area (Å²) in [5.74, 6) is 0.643. The van der Waals surface area contributed by atoms with Crippen LogP contribution in [0.1, 0.15) is 71.5 Å². The second kappa shape index (κ2) is 8.12. The molecular formula is C21H30N2O2S. The van der Waals surface area contributed by atoms with E-state index in [1.165, 1.54) is 36.1 Å². The first-order valence-corrected chi connectivity index (χ1v) is 11.2. The lowest BCUT2D eigenvalue weighted by atomic mass is 9.95. The fourth-order valence-corrected chi connectivity index (χ4v) is 5.85. The largest absolute Gasteiger partial charge is 0.342 e. The van der Waals surface area contributed by atoms with Crippen LogP contribution in [0.25, 0.3) is 0 Å². The number of thiophene rings is 1. The van der Waals surface area contributed by atoms with E-state index in [4.69, 9.17) is 0 Å². The molecule has 142 valence electrons. The van der Waals surface area contributed by atoms with Gasteiger partial charge in [-0.25, -0.2) is 0 Å². The lowest BCUT2D eigenvalue weighted by molar-refractivity contribution is -0.136. The van der Waals surface area contributed by atoms with E-state index in [1.807, 2.05) is 4.90 Å².